The number of aromatic nitrogens is 3. The maximum absolute atomic E-state index is 12.3. The van der Waals surface area contributed by atoms with Gasteiger partial charge < -0.3 is 9.47 Å². The highest BCUT2D eigenvalue weighted by molar-refractivity contribution is 5.83. The van der Waals surface area contributed by atoms with Crippen LogP contribution in [-0.4, -0.2) is 39.7 Å². The van der Waals surface area contributed by atoms with E-state index in [9.17, 15) is 9.59 Å². The summed E-state index contributed by atoms with van der Waals surface area (Å²) in [5, 5.41) is 4.39. The van der Waals surface area contributed by atoms with Crippen LogP contribution < -0.4 is 4.74 Å². The van der Waals surface area contributed by atoms with Crippen molar-refractivity contribution in [3.63, 3.8) is 0 Å². The Morgan fingerprint density at radius 1 is 1.17 bits per heavy atom. The van der Waals surface area contributed by atoms with Gasteiger partial charge in [-0.15, -0.1) is 0 Å². The van der Waals surface area contributed by atoms with Gasteiger partial charge in [0, 0.05) is 19.0 Å². The lowest BCUT2D eigenvalue weighted by molar-refractivity contribution is -0.143. The molecule has 1 atom stereocenters. The second kappa shape index (κ2) is 11.5. The number of ketones is 1. The van der Waals surface area contributed by atoms with Crippen molar-refractivity contribution in [2.24, 2.45) is 0 Å². The molecule has 0 N–H and O–H groups in total. The van der Waals surface area contributed by atoms with E-state index in [2.05, 4.69) is 10.1 Å². The van der Waals surface area contributed by atoms with Crippen LogP contribution in [0.3, 0.4) is 0 Å². The molecule has 0 saturated heterocycles. The van der Waals surface area contributed by atoms with E-state index < -0.39 is 0 Å². The molecular weight excluding hydrogens is 382 g/mol. The summed E-state index contributed by atoms with van der Waals surface area (Å²) in [5.74, 6) is 0.868. The molecule has 0 amide bonds. The molecule has 2 aromatic rings. The Labute approximate surface area is 177 Å². The van der Waals surface area contributed by atoms with Crippen LogP contribution in [0.5, 0.6) is 5.75 Å². The summed E-state index contributed by atoms with van der Waals surface area (Å²) in [5.41, 5.74) is 1.65. The van der Waals surface area contributed by atoms with E-state index in [0.29, 0.717) is 26.1 Å². The molecule has 1 unspecified atom stereocenters. The Hall–Kier alpha value is -2.70. The lowest BCUT2D eigenvalue weighted by Gasteiger charge is -2.22. The summed E-state index contributed by atoms with van der Waals surface area (Å²) in [6, 6.07) is 5.55. The van der Waals surface area contributed by atoms with Crippen LogP contribution in [0.25, 0.3) is 11.4 Å². The fourth-order valence-corrected chi connectivity index (χ4v) is 3.75. The number of ether oxygens (including phenoxy) is 2. The minimum absolute atomic E-state index is 0.117. The average Bonchev–Trinajstić information content (AvgIpc) is 3.23. The Bertz CT molecular complexity index is 816. The van der Waals surface area contributed by atoms with Crippen molar-refractivity contribution in [2.45, 2.75) is 70.8 Å². The average molecular weight is 414 g/mol. The maximum Gasteiger partial charge on any atom is 0.305 e. The van der Waals surface area contributed by atoms with E-state index in [4.69, 9.17) is 9.47 Å². The lowest BCUT2D eigenvalue weighted by atomic mass is 9.94. The summed E-state index contributed by atoms with van der Waals surface area (Å²) < 4.78 is 12.5. The second-order valence-electron chi connectivity index (χ2n) is 7.59. The minimum Gasteiger partial charge on any atom is -0.492 e. The zero-order valence-electron chi connectivity index (χ0n) is 17.7. The lowest BCUT2D eigenvalue weighted by Crippen LogP contribution is -2.24. The van der Waals surface area contributed by atoms with Crippen molar-refractivity contribution in [1.82, 2.24) is 14.8 Å². The molecule has 1 aliphatic carbocycles. The predicted molar refractivity (Wildman–Crippen MR) is 113 cm³/mol. The molecule has 1 aliphatic rings. The monoisotopic (exact) mass is 413 g/mol. The first kappa shape index (κ1) is 22.0. The summed E-state index contributed by atoms with van der Waals surface area (Å²) in [4.78, 5) is 28.1. The Balaban J connectivity index is 1.43. The fourth-order valence-electron chi connectivity index (χ4n) is 3.75. The molecule has 30 heavy (non-hydrogen) atoms. The third kappa shape index (κ3) is 6.15. The molecule has 7 heteroatoms. The third-order valence-corrected chi connectivity index (χ3v) is 5.34. The van der Waals surface area contributed by atoms with E-state index in [1.165, 1.54) is 0 Å². The Kier molecular flexibility index (Phi) is 8.41. The molecule has 7 nitrogen and oxygen atoms in total. The van der Waals surface area contributed by atoms with E-state index in [1.807, 2.05) is 29.8 Å². The topological polar surface area (TPSA) is 83.3 Å². The second-order valence-corrected chi connectivity index (χ2v) is 7.59. The molecule has 1 fully saturated rings. The number of unbranched alkanes of at least 4 members (excludes halogenated alkanes) is 3. The smallest absolute Gasteiger partial charge is 0.305 e. The van der Waals surface area contributed by atoms with Gasteiger partial charge in [0.15, 0.2) is 5.78 Å². The number of carbonyl (C=O) groups is 2. The Morgan fingerprint density at radius 3 is 2.80 bits per heavy atom. The minimum atomic E-state index is -0.176. The highest BCUT2D eigenvalue weighted by Gasteiger charge is 2.26. The van der Waals surface area contributed by atoms with E-state index in [1.54, 1.807) is 12.4 Å². The van der Waals surface area contributed by atoms with Crippen molar-refractivity contribution in [3.8, 4) is 17.1 Å². The third-order valence-electron chi connectivity index (χ3n) is 5.34. The zero-order chi connectivity index (χ0) is 21.2. The molecule has 162 valence electrons. The van der Waals surface area contributed by atoms with Crippen molar-refractivity contribution in [3.05, 3.63) is 30.6 Å². The van der Waals surface area contributed by atoms with Gasteiger partial charge in [-0.3, -0.25) is 19.3 Å². The van der Waals surface area contributed by atoms with Crippen LogP contribution in [-0.2, 0) is 14.3 Å². The normalized spacial score (nSPS) is 16.4. The number of pyridine rings is 1. The summed E-state index contributed by atoms with van der Waals surface area (Å²) >= 11 is 0. The summed E-state index contributed by atoms with van der Waals surface area (Å²) in [6.45, 7) is 2.89. The molecule has 0 aliphatic heterocycles. The van der Waals surface area contributed by atoms with Crippen LogP contribution in [0.4, 0.5) is 0 Å². The molecule has 3 rings (SSSR count). The summed E-state index contributed by atoms with van der Waals surface area (Å²) in [7, 11) is 0. The van der Waals surface area contributed by atoms with Crippen LogP contribution in [0.2, 0.25) is 0 Å². The number of carbonyl (C=O) groups excluding carboxylic acids is 2. The maximum atomic E-state index is 12.3. The van der Waals surface area contributed by atoms with Crippen molar-refractivity contribution in [2.75, 3.05) is 13.2 Å². The molecule has 0 bridgehead atoms. The summed E-state index contributed by atoms with van der Waals surface area (Å²) in [6.07, 6.45) is 11.2. The van der Waals surface area contributed by atoms with Gasteiger partial charge >= 0.3 is 5.97 Å². The molecular formula is C23H31N3O4. The first-order valence-corrected chi connectivity index (χ1v) is 11.0. The molecule has 0 radical (unpaired) electrons. The number of Topliss-reactive ketones (excluding diaryl/α,β-unsaturated/α-hetero) is 1. The van der Waals surface area contributed by atoms with E-state index >= 15 is 0 Å². The van der Waals surface area contributed by atoms with Gasteiger partial charge in [0.25, 0.3) is 0 Å². The van der Waals surface area contributed by atoms with Crippen LogP contribution in [0.1, 0.15) is 70.8 Å². The number of hydrogen-bond acceptors (Lipinski definition) is 6. The van der Waals surface area contributed by atoms with Crippen molar-refractivity contribution < 1.29 is 19.1 Å². The van der Waals surface area contributed by atoms with Crippen LogP contribution >= 0.6 is 0 Å². The van der Waals surface area contributed by atoms with Crippen molar-refractivity contribution >= 4 is 11.8 Å². The van der Waals surface area contributed by atoms with E-state index in [-0.39, 0.29) is 17.8 Å². The number of hydrogen-bond donors (Lipinski definition) is 0. The first-order valence-electron chi connectivity index (χ1n) is 11.0. The predicted octanol–water partition coefficient (Wildman–Crippen LogP) is 4.52. The van der Waals surface area contributed by atoms with Gasteiger partial charge in [0.1, 0.15) is 11.8 Å². The van der Waals surface area contributed by atoms with Gasteiger partial charge in [-0.05, 0) is 50.8 Å². The highest BCUT2D eigenvalue weighted by atomic mass is 16.5. The fraction of sp³-hybridized carbons (Fsp3) is 0.565. The molecule has 1 saturated carbocycles. The molecule has 0 spiro atoms. The Morgan fingerprint density at radius 2 is 2.03 bits per heavy atom. The van der Waals surface area contributed by atoms with Gasteiger partial charge in [0.2, 0.25) is 0 Å². The largest absolute Gasteiger partial charge is 0.492 e. The number of rotatable bonds is 11. The van der Waals surface area contributed by atoms with Gasteiger partial charge in [-0.25, -0.2) is 0 Å². The van der Waals surface area contributed by atoms with Crippen LogP contribution in [0.15, 0.2) is 30.6 Å². The SMILES string of the molecule is CCOC(=O)CCCCCCOc1ccc(-c2ccnn2C2CCCCC2=O)nc1. The molecule has 2 aromatic heterocycles. The number of nitrogens with zero attached hydrogens (tertiary/aromatic N) is 3. The van der Waals surface area contributed by atoms with Gasteiger partial charge in [-0.1, -0.05) is 19.3 Å². The molecule has 2 heterocycles. The number of esters is 1. The van der Waals surface area contributed by atoms with Gasteiger partial charge in [0.05, 0.1) is 30.8 Å². The van der Waals surface area contributed by atoms with Crippen molar-refractivity contribution in [1.29, 1.82) is 0 Å². The van der Waals surface area contributed by atoms with E-state index in [0.717, 1.165) is 62.1 Å². The highest BCUT2D eigenvalue weighted by Crippen LogP contribution is 2.29. The zero-order valence-corrected chi connectivity index (χ0v) is 17.7. The first-order chi connectivity index (χ1) is 14.7. The quantitative estimate of drug-likeness (QED) is 0.398. The van der Waals surface area contributed by atoms with Crippen LogP contribution in [0, 0.1) is 0 Å². The van der Waals surface area contributed by atoms with Gasteiger partial charge in [-0.2, -0.15) is 5.10 Å². The standard InChI is InChI=1S/C23H31N3O4/c1-2-29-23(28)11-5-3-4-8-16-30-18-12-13-19(24-17-18)20-14-15-25-26(20)21-9-6-7-10-22(21)27/h12-15,17,21H,2-11,16H2,1H3. The molecule has 0 aromatic carbocycles.